The number of benzene rings is 2. The molecular formula is C24H29N3O2S. The quantitative estimate of drug-likeness (QED) is 0.560. The third-order valence-corrected chi connectivity index (χ3v) is 6.66. The van der Waals surface area contributed by atoms with Crippen LogP contribution in [0.3, 0.4) is 0 Å². The zero-order chi connectivity index (χ0) is 20.9. The molecule has 158 valence electrons. The molecule has 0 bridgehead atoms. The van der Waals surface area contributed by atoms with Crippen molar-refractivity contribution >= 4 is 32.6 Å². The summed E-state index contributed by atoms with van der Waals surface area (Å²) in [6, 6.07) is 14.6. The molecule has 4 rings (SSSR count). The molecule has 0 spiro atoms. The van der Waals surface area contributed by atoms with E-state index >= 15 is 0 Å². The van der Waals surface area contributed by atoms with Crippen LogP contribution in [0.15, 0.2) is 42.5 Å². The first-order valence-corrected chi connectivity index (χ1v) is 11.6. The Morgan fingerprint density at radius 2 is 1.77 bits per heavy atom. The highest BCUT2D eigenvalue weighted by molar-refractivity contribution is 7.22. The number of nitrogens with zero attached hydrogens (tertiary/aromatic N) is 3. The van der Waals surface area contributed by atoms with Crippen LogP contribution < -0.4 is 9.64 Å². The molecule has 1 aliphatic heterocycles. The van der Waals surface area contributed by atoms with Crippen LogP contribution in [-0.4, -0.2) is 48.6 Å². The fourth-order valence-electron chi connectivity index (χ4n) is 3.74. The molecule has 0 atom stereocenters. The number of ether oxygens (including phenoxy) is 1. The summed E-state index contributed by atoms with van der Waals surface area (Å²) in [7, 11) is 0. The van der Waals surface area contributed by atoms with Gasteiger partial charge in [0.15, 0.2) is 11.7 Å². The molecule has 0 radical (unpaired) electrons. The van der Waals surface area contributed by atoms with Gasteiger partial charge in [-0.3, -0.25) is 4.79 Å². The summed E-state index contributed by atoms with van der Waals surface area (Å²) in [6.07, 6.45) is 3.23. The Bertz CT molecular complexity index is 991. The Hall–Kier alpha value is -2.60. The lowest BCUT2D eigenvalue weighted by atomic mass is 10.1. The van der Waals surface area contributed by atoms with Gasteiger partial charge in [-0.2, -0.15) is 0 Å². The van der Waals surface area contributed by atoms with Crippen molar-refractivity contribution < 1.29 is 9.53 Å². The third-order valence-electron chi connectivity index (χ3n) is 5.58. The van der Waals surface area contributed by atoms with Gasteiger partial charge in [0.05, 0.1) is 10.2 Å². The van der Waals surface area contributed by atoms with Gasteiger partial charge in [0.25, 0.3) is 5.91 Å². The summed E-state index contributed by atoms with van der Waals surface area (Å²) in [5.41, 5.74) is 3.70. The number of rotatable bonds is 7. The molecule has 2 aromatic carbocycles. The topological polar surface area (TPSA) is 45.7 Å². The van der Waals surface area contributed by atoms with E-state index in [4.69, 9.17) is 9.72 Å². The highest BCUT2D eigenvalue weighted by Crippen LogP contribution is 2.30. The number of hydrogen-bond donors (Lipinski definition) is 0. The third kappa shape index (κ3) is 4.75. The average molecular weight is 424 g/mol. The summed E-state index contributed by atoms with van der Waals surface area (Å²) in [6.45, 7) is 7.44. The Morgan fingerprint density at radius 1 is 1.03 bits per heavy atom. The molecule has 0 aliphatic carbocycles. The smallest absolute Gasteiger partial charge is 0.260 e. The van der Waals surface area contributed by atoms with Gasteiger partial charge in [-0.15, -0.1) is 0 Å². The fraction of sp³-hybridized carbons (Fsp3) is 0.417. The van der Waals surface area contributed by atoms with Crippen molar-refractivity contribution in [1.29, 1.82) is 0 Å². The second-order valence-corrected chi connectivity index (χ2v) is 8.71. The van der Waals surface area contributed by atoms with Crippen LogP contribution in [0.2, 0.25) is 0 Å². The molecule has 1 aliphatic rings. The van der Waals surface area contributed by atoms with Crippen molar-refractivity contribution in [1.82, 2.24) is 9.88 Å². The van der Waals surface area contributed by atoms with Gasteiger partial charge in [-0.05, 0) is 48.2 Å². The number of carbonyl (C=O) groups is 1. The van der Waals surface area contributed by atoms with Gasteiger partial charge in [-0.25, -0.2) is 4.98 Å². The summed E-state index contributed by atoms with van der Waals surface area (Å²) in [5.74, 6) is 0.798. The minimum Gasteiger partial charge on any atom is -0.484 e. The van der Waals surface area contributed by atoms with E-state index in [1.165, 1.54) is 15.8 Å². The standard InChI is InChI=1S/C24H29N3O2S/c1-3-5-19-6-9-20(10-7-19)29-17-23(28)26-12-14-27(15-13-26)24-25-21-11-8-18(4-2)16-22(21)30-24/h6-11,16H,3-5,12-15,17H2,1-2H3. The number of fused-ring (bicyclic) bond motifs is 1. The van der Waals surface area contributed by atoms with Crippen LogP contribution in [0.5, 0.6) is 5.75 Å². The average Bonchev–Trinajstić information content (AvgIpc) is 3.22. The number of aromatic nitrogens is 1. The number of aryl methyl sites for hydroxylation is 2. The first-order valence-electron chi connectivity index (χ1n) is 10.8. The minimum absolute atomic E-state index is 0.0455. The molecule has 3 aromatic rings. The SMILES string of the molecule is CCCc1ccc(OCC(=O)N2CCN(c3nc4ccc(CC)cc4s3)CC2)cc1. The van der Waals surface area contributed by atoms with Crippen LogP contribution >= 0.6 is 11.3 Å². The van der Waals surface area contributed by atoms with Crippen molar-refractivity contribution in [2.75, 3.05) is 37.7 Å². The molecule has 2 heterocycles. The number of piperazine rings is 1. The summed E-state index contributed by atoms with van der Waals surface area (Å²) in [5, 5.41) is 1.05. The summed E-state index contributed by atoms with van der Waals surface area (Å²) >= 11 is 1.74. The normalized spacial score (nSPS) is 14.3. The lowest BCUT2D eigenvalue weighted by molar-refractivity contribution is -0.133. The number of thiazole rings is 1. The number of anilines is 1. The molecule has 0 unspecified atom stereocenters. The molecule has 1 amide bonds. The first kappa shape index (κ1) is 20.7. The number of hydrogen-bond acceptors (Lipinski definition) is 5. The Balaban J connectivity index is 1.29. The highest BCUT2D eigenvalue weighted by atomic mass is 32.1. The maximum Gasteiger partial charge on any atom is 0.260 e. The van der Waals surface area contributed by atoms with E-state index < -0.39 is 0 Å². The largest absolute Gasteiger partial charge is 0.484 e. The predicted molar refractivity (Wildman–Crippen MR) is 124 cm³/mol. The monoisotopic (exact) mass is 423 g/mol. The van der Waals surface area contributed by atoms with Gasteiger partial charge < -0.3 is 14.5 Å². The lowest BCUT2D eigenvalue weighted by Crippen LogP contribution is -2.50. The van der Waals surface area contributed by atoms with Crippen LogP contribution in [0.25, 0.3) is 10.2 Å². The molecule has 0 N–H and O–H groups in total. The molecule has 6 heteroatoms. The van der Waals surface area contributed by atoms with E-state index in [9.17, 15) is 4.79 Å². The minimum atomic E-state index is 0.0455. The predicted octanol–water partition coefficient (Wildman–Crippen LogP) is 4.54. The van der Waals surface area contributed by atoms with Gasteiger partial charge in [0.2, 0.25) is 0 Å². The zero-order valence-electron chi connectivity index (χ0n) is 17.8. The van der Waals surface area contributed by atoms with Crippen molar-refractivity contribution in [3.63, 3.8) is 0 Å². The van der Waals surface area contributed by atoms with Gasteiger partial charge in [0, 0.05) is 26.2 Å². The maximum absolute atomic E-state index is 12.6. The fourth-order valence-corrected chi connectivity index (χ4v) is 4.82. The molecule has 5 nitrogen and oxygen atoms in total. The van der Waals surface area contributed by atoms with E-state index in [-0.39, 0.29) is 12.5 Å². The van der Waals surface area contributed by atoms with Gasteiger partial charge >= 0.3 is 0 Å². The number of carbonyl (C=O) groups excluding carboxylic acids is 1. The van der Waals surface area contributed by atoms with Crippen LogP contribution in [0.1, 0.15) is 31.4 Å². The number of amides is 1. The molecule has 30 heavy (non-hydrogen) atoms. The van der Waals surface area contributed by atoms with Gasteiger partial charge in [-0.1, -0.05) is 49.8 Å². The molecule has 1 saturated heterocycles. The molecule has 0 saturated carbocycles. The molecule has 1 aromatic heterocycles. The Labute approximate surface area is 182 Å². The van der Waals surface area contributed by atoms with Crippen molar-refractivity contribution in [3.05, 3.63) is 53.6 Å². The molecule has 1 fully saturated rings. The van der Waals surface area contributed by atoms with Gasteiger partial charge in [0.1, 0.15) is 5.75 Å². The molecular weight excluding hydrogens is 394 g/mol. The Morgan fingerprint density at radius 3 is 2.47 bits per heavy atom. The van der Waals surface area contributed by atoms with Crippen LogP contribution in [0.4, 0.5) is 5.13 Å². The Kier molecular flexibility index (Phi) is 6.53. The highest BCUT2D eigenvalue weighted by Gasteiger charge is 2.23. The van der Waals surface area contributed by atoms with E-state index in [1.807, 2.05) is 17.0 Å². The lowest BCUT2D eigenvalue weighted by Gasteiger charge is -2.34. The van der Waals surface area contributed by atoms with Crippen molar-refractivity contribution in [3.8, 4) is 5.75 Å². The van der Waals surface area contributed by atoms with E-state index in [2.05, 4.69) is 49.1 Å². The van der Waals surface area contributed by atoms with Crippen LogP contribution in [-0.2, 0) is 17.6 Å². The zero-order valence-corrected chi connectivity index (χ0v) is 18.6. The van der Waals surface area contributed by atoms with E-state index in [0.717, 1.165) is 48.7 Å². The maximum atomic E-state index is 12.6. The second kappa shape index (κ2) is 9.47. The second-order valence-electron chi connectivity index (χ2n) is 7.70. The summed E-state index contributed by atoms with van der Waals surface area (Å²) in [4.78, 5) is 21.5. The van der Waals surface area contributed by atoms with Crippen molar-refractivity contribution in [2.24, 2.45) is 0 Å². The first-order chi connectivity index (χ1) is 14.7. The summed E-state index contributed by atoms with van der Waals surface area (Å²) < 4.78 is 6.95. The van der Waals surface area contributed by atoms with Crippen molar-refractivity contribution in [2.45, 2.75) is 33.1 Å². The van der Waals surface area contributed by atoms with E-state index in [1.54, 1.807) is 11.3 Å². The van der Waals surface area contributed by atoms with Crippen LogP contribution in [0, 0.1) is 0 Å². The van der Waals surface area contributed by atoms with E-state index in [0.29, 0.717) is 13.1 Å².